The van der Waals surface area contributed by atoms with Gasteiger partial charge in [0.25, 0.3) is 5.91 Å². The van der Waals surface area contributed by atoms with Crippen molar-refractivity contribution in [1.82, 2.24) is 0 Å². The number of piperidine rings is 1. The van der Waals surface area contributed by atoms with Crippen LogP contribution in [-0.4, -0.2) is 38.2 Å². The number of nitrogens with one attached hydrogen (secondary N) is 1. The van der Waals surface area contributed by atoms with Crippen LogP contribution >= 0.6 is 11.6 Å². The lowest BCUT2D eigenvalue weighted by molar-refractivity contribution is -0.149. The smallest absolute Gasteiger partial charge is 0.344 e. The lowest BCUT2D eigenvalue weighted by Gasteiger charge is -2.28. The van der Waals surface area contributed by atoms with Crippen molar-refractivity contribution in [2.45, 2.75) is 19.3 Å². The van der Waals surface area contributed by atoms with E-state index in [2.05, 4.69) is 10.2 Å². The minimum atomic E-state index is -0.629. The summed E-state index contributed by atoms with van der Waals surface area (Å²) in [5, 5.41) is 3.23. The molecule has 2 aromatic rings. The predicted molar refractivity (Wildman–Crippen MR) is 109 cm³/mol. The molecule has 0 bridgehead atoms. The number of carbonyl (C=O) groups excluding carboxylic acids is 2. The highest BCUT2D eigenvalue weighted by Gasteiger charge is 2.12. The van der Waals surface area contributed by atoms with Gasteiger partial charge in [0, 0.05) is 29.5 Å². The maximum atomic E-state index is 12.0. The van der Waals surface area contributed by atoms with Crippen LogP contribution in [0.25, 0.3) is 0 Å². The number of benzene rings is 2. The third kappa shape index (κ3) is 6.16. The van der Waals surface area contributed by atoms with Crippen LogP contribution in [0, 0.1) is 0 Å². The molecule has 3 rings (SSSR count). The molecule has 1 aliphatic heterocycles. The Balaban J connectivity index is 1.39. The fourth-order valence-electron chi connectivity index (χ4n) is 2.99. The van der Waals surface area contributed by atoms with Crippen LogP contribution < -0.4 is 15.0 Å². The summed E-state index contributed by atoms with van der Waals surface area (Å²) in [5.74, 6) is -0.569. The minimum absolute atomic E-state index is 0.293. The molecule has 28 heavy (non-hydrogen) atoms. The van der Waals surface area contributed by atoms with E-state index in [9.17, 15) is 9.59 Å². The molecule has 1 amide bonds. The molecule has 6 nitrogen and oxygen atoms in total. The largest absolute Gasteiger partial charge is 0.482 e. The monoisotopic (exact) mass is 402 g/mol. The van der Waals surface area contributed by atoms with E-state index in [1.54, 1.807) is 24.3 Å². The number of anilines is 2. The van der Waals surface area contributed by atoms with E-state index in [0.717, 1.165) is 18.8 Å². The van der Waals surface area contributed by atoms with Crippen molar-refractivity contribution in [1.29, 1.82) is 0 Å². The molecule has 1 fully saturated rings. The van der Waals surface area contributed by atoms with E-state index in [1.165, 1.54) is 19.3 Å². The first-order valence-electron chi connectivity index (χ1n) is 9.29. The molecule has 2 aromatic carbocycles. The van der Waals surface area contributed by atoms with Crippen molar-refractivity contribution >= 4 is 34.9 Å². The summed E-state index contributed by atoms with van der Waals surface area (Å²) in [5.41, 5.74) is 1.82. The summed E-state index contributed by atoms with van der Waals surface area (Å²) in [6.07, 6.45) is 3.71. The van der Waals surface area contributed by atoms with Crippen molar-refractivity contribution in [3.63, 3.8) is 0 Å². The van der Waals surface area contributed by atoms with E-state index in [1.807, 2.05) is 24.3 Å². The zero-order valence-electron chi connectivity index (χ0n) is 15.5. The van der Waals surface area contributed by atoms with Gasteiger partial charge in [0.1, 0.15) is 5.75 Å². The van der Waals surface area contributed by atoms with Gasteiger partial charge in [-0.1, -0.05) is 17.7 Å². The molecule has 0 aliphatic carbocycles. The number of rotatable bonds is 7. The van der Waals surface area contributed by atoms with Crippen molar-refractivity contribution < 1.29 is 19.1 Å². The Labute approximate surface area is 169 Å². The van der Waals surface area contributed by atoms with Crippen molar-refractivity contribution in [3.8, 4) is 5.75 Å². The third-order valence-electron chi connectivity index (χ3n) is 4.39. The zero-order chi connectivity index (χ0) is 19.8. The van der Waals surface area contributed by atoms with Crippen LogP contribution in [0.1, 0.15) is 19.3 Å². The van der Waals surface area contributed by atoms with E-state index in [0.29, 0.717) is 16.5 Å². The Morgan fingerprint density at radius 1 is 1.00 bits per heavy atom. The molecular formula is C21H23ClN2O4. The van der Waals surface area contributed by atoms with Crippen LogP contribution in [0.2, 0.25) is 5.02 Å². The molecule has 7 heteroatoms. The van der Waals surface area contributed by atoms with Gasteiger partial charge in [-0.15, -0.1) is 0 Å². The Hall–Kier alpha value is -2.73. The maximum absolute atomic E-state index is 12.0. The summed E-state index contributed by atoms with van der Waals surface area (Å²) in [6, 6.07) is 14.4. The van der Waals surface area contributed by atoms with Gasteiger partial charge in [0.15, 0.2) is 13.2 Å². The number of ether oxygens (including phenoxy) is 2. The first kappa shape index (κ1) is 20.0. The number of carbonyl (C=O) groups is 2. The number of hydrogen-bond acceptors (Lipinski definition) is 5. The van der Waals surface area contributed by atoms with Gasteiger partial charge in [0.2, 0.25) is 0 Å². The number of nitrogens with zero attached hydrogens (tertiary/aromatic N) is 1. The quantitative estimate of drug-likeness (QED) is 0.711. The molecule has 0 spiro atoms. The third-order valence-corrected chi connectivity index (χ3v) is 4.62. The summed E-state index contributed by atoms with van der Waals surface area (Å²) in [4.78, 5) is 26.0. The molecule has 148 valence electrons. The highest BCUT2D eigenvalue weighted by molar-refractivity contribution is 6.30. The topological polar surface area (TPSA) is 67.9 Å². The lowest BCUT2D eigenvalue weighted by atomic mass is 10.1. The molecule has 0 unspecified atom stereocenters. The number of amides is 1. The second-order valence-electron chi connectivity index (χ2n) is 6.55. The highest BCUT2D eigenvalue weighted by atomic mass is 35.5. The van der Waals surface area contributed by atoms with E-state index in [-0.39, 0.29) is 13.2 Å². The molecule has 1 aliphatic rings. The first-order valence-corrected chi connectivity index (χ1v) is 9.67. The van der Waals surface area contributed by atoms with Crippen molar-refractivity contribution in [2.75, 3.05) is 36.5 Å². The van der Waals surface area contributed by atoms with Gasteiger partial charge in [-0.25, -0.2) is 4.79 Å². The Morgan fingerprint density at radius 2 is 1.75 bits per heavy atom. The molecule has 0 atom stereocenters. The van der Waals surface area contributed by atoms with Gasteiger partial charge >= 0.3 is 5.97 Å². The van der Waals surface area contributed by atoms with Crippen LogP contribution in [-0.2, 0) is 14.3 Å². The Morgan fingerprint density at radius 3 is 2.46 bits per heavy atom. The van der Waals surface area contributed by atoms with E-state index >= 15 is 0 Å². The van der Waals surface area contributed by atoms with Gasteiger partial charge in [-0.3, -0.25) is 4.79 Å². The van der Waals surface area contributed by atoms with Crippen LogP contribution in [0.4, 0.5) is 11.4 Å². The van der Waals surface area contributed by atoms with Crippen LogP contribution in [0.3, 0.4) is 0 Å². The fraction of sp³-hybridized carbons (Fsp3) is 0.333. The second kappa shape index (κ2) is 9.99. The molecule has 0 radical (unpaired) electrons. The Kier molecular flexibility index (Phi) is 7.14. The first-order chi connectivity index (χ1) is 13.6. The van der Waals surface area contributed by atoms with Gasteiger partial charge < -0.3 is 19.7 Å². The van der Waals surface area contributed by atoms with E-state index < -0.39 is 11.9 Å². The molecule has 0 saturated carbocycles. The minimum Gasteiger partial charge on any atom is -0.482 e. The zero-order valence-corrected chi connectivity index (χ0v) is 16.3. The Bertz CT molecular complexity index is 804. The average Bonchev–Trinajstić information content (AvgIpc) is 2.72. The molecule has 1 saturated heterocycles. The van der Waals surface area contributed by atoms with Crippen molar-refractivity contribution in [2.24, 2.45) is 0 Å². The number of hydrogen-bond donors (Lipinski definition) is 1. The highest BCUT2D eigenvalue weighted by Crippen LogP contribution is 2.21. The number of esters is 1. The van der Waals surface area contributed by atoms with E-state index in [4.69, 9.17) is 21.1 Å². The van der Waals surface area contributed by atoms with Gasteiger partial charge in [0.05, 0.1) is 0 Å². The summed E-state index contributed by atoms with van der Waals surface area (Å²) < 4.78 is 10.2. The molecular weight excluding hydrogens is 380 g/mol. The molecule has 1 N–H and O–H groups in total. The maximum Gasteiger partial charge on any atom is 0.344 e. The average molecular weight is 403 g/mol. The summed E-state index contributed by atoms with van der Waals surface area (Å²) in [6.45, 7) is 1.47. The predicted octanol–water partition coefficient (Wildman–Crippen LogP) is 3.89. The summed E-state index contributed by atoms with van der Waals surface area (Å²) >= 11 is 5.84. The SMILES string of the molecule is O=C(COC(=O)COc1cccc(Cl)c1)Nc1ccc(N2CCCCC2)cc1. The van der Waals surface area contributed by atoms with Crippen LogP contribution in [0.5, 0.6) is 5.75 Å². The molecule has 1 heterocycles. The number of halogens is 1. The van der Waals surface area contributed by atoms with Crippen molar-refractivity contribution in [3.05, 3.63) is 53.6 Å². The second-order valence-corrected chi connectivity index (χ2v) is 6.99. The summed E-state index contributed by atoms with van der Waals surface area (Å²) in [7, 11) is 0. The fourth-order valence-corrected chi connectivity index (χ4v) is 3.17. The normalized spacial score (nSPS) is 13.7. The standard InChI is InChI=1S/C21H23ClN2O4/c22-16-5-4-6-19(13-16)27-15-21(26)28-14-20(25)23-17-7-9-18(10-8-17)24-11-2-1-3-12-24/h4-10,13H,1-3,11-12,14-15H2,(H,23,25). The van der Waals surface area contributed by atoms with Gasteiger partial charge in [-0.05, 0) is 61.7 Å². The lowest BCUT2D eigenvalue weighted by Crippen LogP contribution is -2.29. The molecule has 0 aromatic heterocycles. The van der Waals surface area contributed by atoms with Gasteiger partial charge in [-0.2, -0.15) is 0 Å². The van der Waals surface area contributed by atoms with Crippen LogP contribution in [0.15, 0.2) is 48.5 Å².